The van der Waals surface area contributed by atoms with Crippen molar-refractivity contribution in [1.82, 2.24) is 15.2 Å². The molecule has 0 aromatic carbocycles. The molecule has 0 aliphatic rings. The molecule has 2 N–H and O–H groups in total. The number of rotatable bonds is 4. The highest BCUT2D eigenvalue weighted by Gasteiger charge is 2.18. The molecular formula is C14H14N4O2S. The molecule has 3 aromatic heterocycles. The van der Waals surface area contributed by atoms with E-state index in [9.17, 15) is 4.79 Å². The lowest BCUT2D eigenvalue weighted by molar-refractivity contribution is -0.117. The van der Waals surface area contributed by atoms with Crippen molar-refractivity contribution in [3.05, 3.63) is 40.5 Å². The lowest BCUT2D eigenvalue weighted by atomic mass is 10.1. The maximum absolute atomic E-state index is 12.2. The summed E-state index contributed by atoms with van der Waals surface area (Å²) in [5.74, 6) is 0.448. The number of amides is 1. The van der Waals surface area contributed by atoms with Crippen molar-refractivity contribution in [1.29, 1.82) is 0 Å². The fourth-order valence-corrected chi connectivity index (χ4v) is 2.81. The van der Waals surface area contributed by atoms with Crippen LogP contribution in [0.5, 0.6) is 0 Å². The molecule has 6 nitrogen and oxygen atoms in total. The van der Waals surface area contributed by atoms with Crippen molar-refractivity contribution < 1.29 is 9.21 Å². The molecule has 0 saturated carbocycles. The maximum Gasteiger partial charge on any atom is 0.249 e. The second-order valence-electron chi connectivity index (χ2n) is 4.68. The summed E-state index contributed by atoms with van der Waals surface area (Å²) < 4.78 is 4.98. The van der Waals surface area contributed by atoms with Crippen LogP contribution in [0.2, 0.25) is 0 Å². The summed E-state index contributed by atoms with van der Waals surface area (Å²) in [4.78, 5) is 18.6. The Hall–Kier alpha value is -2.41. The summed E-state index contributed by atoms with van der Waals surface area (Å²) in [5.41, 5.74) is 0.782. The molecule has 1 amide bonds. The minimum atomic E-state index is -0.237. The Labute approximate surface area is 125 Å². The van der Waals surface area contributed by atoms with E-state index in [1.54, 1.807) is 29.9 Å². The molecule has 0 aliphatic carbocycles. The number of H-pyrrole nitrogens is 1. The van der Waals surface area contributed by atoms with Crippen LogP contribution in [0.3, 0.4) is 0 Å². The highest BCUT2D eigenvalue weighted by Crippen LogP contribution is 2.25. The van der Waals surface area contributed by atoms with Crippen LogP contribution in [0.4, 0.5) is 5.95 Å². The molecule has 0 saturated heterocycles. The van der Waals surface area contributed by atoms with Gasteiger partial charge in [0.15, 0.2) is 5.82 Å². The minimum absolute atomic E-state index is 0.130. The molecule has 3 aromatic rings. The van der Waals surface area contributed by atoms with E-state index in [0.29, 0.717) is 5.82 Å². The van der Waals surface area contributed by atoms with Crippen molar-refractivity contribution in [2.24, 2.45) is 0 Å². The molecule has 0 spiro atoms. The van der Waals surface area contributed by atoms with Gasteiger partial charge in [0.05, 0.1) is 17.7 Å². The lowest BCUT2D eigenvalue weighted by Gasteiger charge is -2.07. The van der Waals surface area contributed by atoms with E-state index in [1.807, 2.05) is 26.0 Å². The van der Waals surface area contributed by atoms with E-state index in [1.165, 1.54) is 4.88 Å². The first-order valence-corrected chi connectivity index (χ1v) is 7.27. The zero-order valence-corrected chi connectivity index (χ0v) is 12.4. The Bertz CT molecular complexity index is 745. The normalized spacial score (nSPS) is 12.3. The van der Waals surface area contributed by atoms with Crippen molar-refractivity contribution in [3.63, 3.8) is 0 Å². The van der Waals surface area contributed by atoms with Crippen LogP contribution in [0.25, 0.3) is 11.4 Å². The number of aromatic nitrogens is 3. The van der Waals surface area contributed by atoms with Gasteiger partial charge < -0.3 is 4.42 Å². The van der Waals surface area contributed by atoms with Gasteiger partial charge in [0.2, 0.25) is 11.9 Å². The van der Waals surface area contributed by atoms with E-state index in [-0.39, 0.29) is 17.8 Å². The van der Waals surface area contributed by atoms with Gasteiger partial charge in [-0.05, 0) is 32.0 Å². The zero-order chi connectivity index (χ0) is 14.8. The number of thiophene rings is 1. The van der Waals surface area contributed by atoms with Gasteiger partial charge in [-0.15, -0.1) is 16.4 Å². The summed E-state index contributed by atoms with van der Waals surface area (Å²) in [5, 5.41) is 9.47. The summed E-state index contributed by atoms with van der Waals surface area (Å²) >= 11 is 1.62. The number of carbonyl (C=O) groups excluding carboxylic acids is 1. The minimum Gasteiger partial charge on any atom is -0.472 e. The number of carbonyl (C=O) groups is 1. The fourth-order valence-electron chi connectivity index (χ4n) is 1.88. The van der Waals surface area contributed by atoms with Crippen LogP contribution < -0.4 is 5.32 Å². The van der Waals surface area contributed by atoms with E-state index in [4.69, 9.17) is 4.42 Å². The quantitative estimate of drug-likeness (QED) is 0.775. The third-order valence-electron chi connectivity index (χ3n) is 3.10. The van der Waals surface area contributed by atoms with Gasteiger partial charge in [-0.25, -0.2) is 0 Å². The van der Waals surface area contributed by atoms with E-state index in [2.05, 4.69) is 20.5 Å². The van der Waals surface area contributed by atoms with Crippen molar-refractivity contribution in [2.45, 2.75) is 19.8 Å². The molecule has 108 valence electrons. The number of nitrogens with zero attached hydrogens (tertiary/aromatic N) is 2. The number of furan rings is 1. The molecule has 0 fully saturated rings. The average molecular weight is 302 g/mol. The predicted octanol–water partition coefficient (Wildman–Crippen LogP) is 3.18. The zero-order valence-electron chi connectivity index (χ0n) is 11.6. The van der Waals surface area contributed by atoms with Gasteiger partial charge in [0.1, 0.15) is 6.26 Å². The van der Waals surface area contributed by atoms with Crippen LogP contribution in [0.15, 0.2) is 35.1 Å². The summed E-state index contributed by atoms with van der Waals surface area (Å²) in [6.07, 6.45) is 3.11. The molecule has 0 aliphatic heterocycles. The molecule has 0 radical (unpaired) electrons. The molecule has 3 heterocycles. The maximum atomic E-state index is 12.2. The molecule has 0 bridgehead atoms. The first-order valence-electron chi connectivity index (χ1n) is 6.45. The number of hydrogen-bond acceptors (Lipinski definition) is 5. The van der Waals surface area contributed by atoms with Crippen LogP contribution in [0, 0.1) is 6.92 Å². The second kappa shape index (κ2) is 5.53. The summed E-state index contributed by atoms with van der Waals surface area (Å²) in [6.45, 7) is 3.88. The first-order chi connectivity index (χ1) is 10.1. The Balaban J connectivity index is 1.70. The van der Waals surface area contributed by atoms with Crippen molar-refractivity contribution >= 4 is 23.2 Å². The van der Waals surface area contributed by atoms with Crippen molar-refractivity contribution in [2.75, 3.05) is 5.32 Å². The van der Waals surface area contributed by atoms with Crippen LogP contribution in [-0.2, 0) is 4.79 Å². The van der Waals surface area contributed by atoms with Gasteiger partial charge in [-0.3, -0.25) is 15.2 Å². The Kier molecular flexibility index (Phi) is 3.57. The molecular weight excluding hydrogens is 288 g/mol. The number of aryl methyl sites for hydroxylation is 1. The smallest absolute Gasteiger partial charge is 0.249 e. The molecule has 7 heteroatoms. The monoisotopic (exact) mass is 302 g/mol. The number of nitrogens with one attached hydrogen (secondary N) is 2. The number of hydrogen-bond donors (Lipinski definition) is 2. The lowest BCUT2D eigenvalue weighted by Crippen LogP contribution is -2.18. The highest BCUT2D eigenvalue weighted by molar-refractivity contribution is 7.12. The Morgan fingerprint density at radius 2 is 2.29 bits per heavy atom. The third kappa shape index (κ3) is 2.87. The Morgan fingerprint density at radius 1 is 1.43 bits per heavy atom. The topological polar surface area (TPSA) is 83.8 Å². The van der Waals surface area contributed by atoms with Crippen molar-refractivity contribution in [3.8, 4) is 11.4 Å². The van der Waals surface area contributed by atoms with Crippen LogP contribution in [-0.4, -0.2) is 21.1 Å². The van der Waals surface area contributed by atoms with E-state index < -0.39 is 0 Å². The summed E-state index contributed by atoms with van der Waals surface area (Å²) in [6, 6.07) is 5.75. The van der Waals surface area contributed by atoms with E-state index >= 15 is 0 Å². The molecule has 3 rings (SSSR count). The Morgan fingerprint density at radius 3 is 2.95 bits per heavy atom. The van der Waals surface area contributed by atoms with Crippen LogP contribution in [0.1, 0.15) is 22.6 Å². The molecule has 1 unspecified atom stereocenters. The van der Waals surface area contributed by atoms with E-state index in [0.717, 1.165) is 10.4 Å². The van der Waals surface area contributed by atoms with Crippen LogP contribution >= 0.6 is 11.3 Å². The molecule has 1 atom stereocenters. The molecule has 21 heavy (non-hydrogen) atoms. The fraction of sp³-hybridized carbons (Fsp3) is 0.214. The average Bonchev–Trinajstić information content (AvgIpc) is 3.17. The van der Waals surface area contributed by atoms with Gasteiger partial charge in [0.25, 0.3) is 0 Å². The second-order valence-corrected chi connectivity index (χ2v) is 6.00. The largest absolute Gasteiger partial charge is 0.472 e. The number of aromatic amines is 1. The van der Waals surface area contributed by atoms with Gasteiger partial charge in [-0.1, -0.05) is 0 Å². The summed E-state index contributed by atoms with van der Waals surface area (Å²) in [7, 11) is 0. The van der Waals surface area contributed by atoms with Gasteiger partial charge >= 0.3 is 0 Å². The highest BCUT2D eigenvalue weighted by atomic mass is 32.1. The number of anilines is 1. The standard InChI is InChI=1S/C14H14N4O2S/c1-8-3-4-11(21-8)9(2)13(19)16-14-15-12(17-18-14)10-5-6-20-7-10/h3-7,9H,1-2H3,(H2,15,16,17,18,19). The van der Waals surface area contributed by atoms with Gasteiger partial charge in [-0.2, -0.15) is 4.98 Å². The third-order valence-corrected chi connectivity index (χ3v) is 4.28. The van der Waals surface area contributed by atoms with Gasteiger partial charge in [0, 0.05) is 9.75 Å². The first kappa shape index (κ1) is 13.6. The predicted molar refractivity (Wildman–Crippen MR) is 80.2 cm³/mol. The SMILES string of the molecule is Cc1ccc(C(C)C(=O)Nc2n[nH]c(-c3ccoc3)n2)s1.